The van der Waals surface area contributed by atoms with Gasteiger partial charge < -0.3 is 4.40 Å². The zero-order valence-corrected chi connectivity index (χ0v) is 9.37. The largest absolute Gasteiger partial charge is 0.306 e. The third kappa shape index (κ3) is 1.19. The number of rotatable bonds is 1. The van der Waals surface area contributed by atoms with Gasteiger partial charge in [-0.1, -0.05) is 6.42 Å². The minimum Gasteiger partial charge on any atom is -0.306 e. The molecule has 0 unspecified atom stereocenters. The number of fused-ring (bicyclic) bond motifs is 1. The van der Waals surface area contributed by atoms with E-state index in [1.54, 1.807) is 0 Å². The Balaban J connectivity index is 2.15. The molecule has 14 heavy (non-hydrogen) atoms. The highest BCUT2D eigenvalue weighted by Gasteiger charge is 2.22. The highest BCUT2D eigenvalue weighted by atomic mass is 79.9. The van der Waals surface area contributed by atoms with Gasteiger partial charge in [-0.3, -0.25) is 0 Å². The van der Waals surface area contributed by atoms with Gasteiger partial charge in [0, 0.05) is 18.3 Å². The van der Waals surface area contributed by atoms with Crippen molar-refractivity contribution in [2.45, 2.75) is 25.2 Å². The molecule has 2 aromatic heterocycles. The second-order valence-corrected chi connectivity index (χ2v) is 4.73. The number of hydrogen-bond acceptors (Lipinski definition) is 1. The Morgan fingerprint density at radius 2 is 2.29 bits per heavy atom. The van der Waals surface area contributed by atoms with Crippen LogP contribution in [-0.4, -0.2) is 9.38 Å². The number of imidazole rings is 1. The maximum atomic E-state index is 4.65. The lowest BCUT2D eigenvalue weighted by Crippen LogP contribution is -2.08. The maximum Gasteiger partial charge on any atom is 0.151 e. The van der Waals surface area contributed by atoms with E-state index in [2.05, 4.69) is 37.7 Å². The molecule has 0 spiro atoms. The molecule has 2 aromatic rings. The molecular formula is C11H11BrN2. The van der Waals surface area contributed by atoms with Crippen LogP contribution in [0.1, 0.15) is 30.9 Å². The lowest BCUT2D eigenvalue weighted by Gasteiger charge is -2.22. The van der Waals surface area contributed by atoms with Gasteiger partial charge in [0.1, 0.15) is 0 Å². The fourth-order valence-electron chi connectivity index (χ4n) is 1.90. The van der Waals surface area contributed by atoms with Crippen LogP contribution in [0.25, 0.3) is 5.65 Å². The average Bonchev–Trinajstić information content (AvgIpc) is 2.46. The summed E-state index contributed by atoms with van der Waals surface area (Å²) in [7, 11) is 0. The molecule has 3 heteroatoms. The van der Waals surface area contributed by atoms with Gasteiger partial charge >= 0.3 is 0 Å². The Morgan fingerprint density at radius 1 is 1.43 bits per heavy atom. The first-order chi connectivity index (χ1) is 6.84. The van der Waals surface area contributed by atoms with E-state index in [1.165, 1.54) is 25.0 Å². The van der Waals surface area contributed by atoms with E-state index in [1.807, 2.05) is 12.1 Å². The zero-order valence-electron chi connectivity index (χ0n) is 7.78. The lowest BCUT2D eigenvalue weighted by atomic mass is 9.83. The average molecular weight is 251 g/mol. The Bertz CT molecular complexity index is 471. The van der Waals surface area contributed by atoms with E-state index in [0.717, 1.165) is 10.1 Å². The molecule has 0 aliphatic heterocycles. The summed E-state index contributed by atoms with van der Waals surface area (Å²) in [6.07, 6.45) is 8.18. The van der Waals surface area contributed by atoms with Gasteiger partial charge in [0.15, 0.2) is 5.65 Å². The predicted molar refractivity (Wildman–Crippen MR) is 59.5 cm³/mol. The van der Waals surface area contributed by atoms with Crippen LogP contribution in [0.5, 0.6) is 0 Å². The Hall–Kier alpha value is -0.830. The summed E-state index contributed by atoms with van der Waals surface area (Å²) < 4.78 is 3.17. The van der Waals surface area contributed by atoms with Crippen molar-refractivity contribution in [2.75, 3.05) is 0 Å². The second-order valence-electron chi connectivity index (χ2n) is 3.88. The lowest BCUT2D eigenvalue weighted by molar-refractivity contribution is 0.412. The standard InChI is InChI=1S/C11H11BrN2/c12-9-5-2-6-14-7-10(13-11(9)14)8-3-1-4-8/h2,5-8H,1,3-4H2. The van der Waals surface area contributed by atoms with Crippen LogP contribution in [0.2, 0.25) is 0 Å². The summed E-state index contributed by atoms with van der Waals surface area (Å²) in [5.74, 6) is 0.710. The Morgan fingerprint density at radius 3 is 2.93 bits per heavy atom. The van der Waals surface area contributed by atoms with E-state index >= 15 is 0 Å². The SMILES string of the molecule is Brc1cccn2cc(C3CCC3)nc12. The van der Waals surface area contributed by atoms with Crippen molar-refractivity contribution in [2.24, 2.45) is 0 Å². The number of aromatic nitrogens is 2. The summed E-state index contributed by atoms with van der Waals surface area (Å²) in [6, 6.07) is 4.07. The second kappa shape index (κ2) is 3.09. The van der Waals surface area contributed by atoms with Gasteiger partial charge in [0.05, 0.1) is 10.2 Å². The van der Waals surface area contributed by atoms with Crippen LogP contribution < -0.4 is 0 Å². The summed E-state index contributed by atoms with van der Waals surface area (Å²) in [5, 5.41) is 0. The first kappa shape index (κ1) is 8.48. The molecule has 0 saturated heterocycles. The molecule has 2 heterocycles. The summed E-state index contributed by atoms with van der Waals surface area (Å²) in [4.78, 5) is 4.65. The van der Waals surface area contributed by atoms with Crippen LogP contribution in [0.3, 0.4) is 0 Å². The number of halogens is 1. The minimum absolute atomic E-state index is 0.710. The highest BCUT2D eigenvalue weighted by Crippen LogP contribution is 2.36. The monoisotopic (exact) mass is 250 g/mol. The zero-order chi connectivity index (χ0) is 9.54. The number of pyridine rings is 1. The van der Waals surface area contributed by atoms with Crippen molar-refractivity contribution in [1.82, 2.24) is 9.38 Å². The first-order valence-electron chi connectivity index (χ1n) is 4.98. The van der Waals surface area contributed by atoms with Crippen molar-refractivity contribution in [3.63, 3.8) is 0 Å². The molecule has 1 fully saturated rings. The third-order valence-corrected chi connectivity index (χ3v) is 3.60. The molecule has 1 saturated carbocycles. The van der Waals surface area contributed by atoms with Crippen molar-refractivity contribution in [1.29, 1.82) is 0 Å². The van der Waals surface area contributed by atoms with Crippen molar-refractivity contribution >= 4 is 21.6 Å². The molecule has 0 amide bonds. The minimum atomic E-state index is 0.710. The fraction of sp³-hybridized carbons (Fsp3) is 0.364. The van der Waals surface area contributed by atoms with Crippen LogP contribution in [0, 0.1) is 0 Å². The topological polar surface area (TPSA) is 17.3 Å². The molecule has 0 radical (unpaired) electrons. The van der Waals surface area contributed by atoms with E-state index in [4.69, 9.17) is 0 Å². The van der Waals surface area contributed by atoms with Gasteiger partial charge in [-0.2, -0.15) is 0 Å². The van der Waals surface area contributed by atoms with Crippen molar-refractivity contribution in [3.8, 4) is 0 Å². The summed E-state index contributed by atoms with van der Waals surface area (Å²) in [5.41, 5.74) is 2.29. The summed E-state index contributed by atoms with van der Waals surface area (Å²) in [6.45, 7) is 0. The molecule has 0 atom stereocenters. The van der Waals surface area contributed by atoms with E-state index in [0.29, 0.717) is 5.92 Å². The van der Waals surface area contributed by atoms with Crippen molar-refractivity contribution < 1.29 is 0 Å². The van der Waals surface area contributed by atoms with Gasteiger partial charge in [-0.05, 0) is 40.9 Å². The first-order valence-corrected chi connectivity index (χ1v) is 5.77. The molecule has 72 valence electrons. The molecular weight excluding hydrogens is 240 g/mol. The van der Waals surface area contributed by atoms with E-state index in [-0.39, 0.29) is 0 Å². The smallest absolute Gasteiger partial charge is 0.151 e. The predicted octanol–water partition coefficient (Wildman–Crippen LogP) is 3.36. The summed E-state index contributed by atoms with van der Waals surface area (Å²) >= 11 is 3.52. The Kier molecular flexibility index (Phi) is 1.87. The third-order valence-electron chi connectivity index (χ3n) is 2.98. The maximum absolute atomic E-state index is 4.65. The molecule has 0 bridgehead atoms. The molecule has 0 aromatic carbocycles. The van der Waals surface area contributed by atoms with Crippen LogP contribution in [-0.2, 0) is 0 Å². The van der Waals surface area contributed by atoms with Crippen LogP contribution >= 0.6 is 15.9 Å². The number of hydrogen-bond donors (Lipinski definition) is 0. The highest BCUT2D eigenvalue weighted by molar-refractivity contribution is 9.10. The van der Waals surface area contributed by atoms with E-state index in [9.17, 15) is 0 Å². The number of nitrogens with zero attached hydrogens (tertiary/aromatic N) is 2. The van der Waals surface area contributed by atoms with Crippen molar-refractivity contribution in [3.05, 3.63) is 34.7 Å². The molecule has 0 N–H and O–H groups in total. The molecule has 1 aliphatic rings. The van der Waals surface area contributed by atoms with Crippen LogP contribution in [0.4, 0.5) is 0 Å². The molecule has 2 nitrogen and oxygen atoms in total. The quantitative estimate of drug-likeness (QED) is 0.759. The van der Waals surface area contributed by atoms with Gasteiger partial charge in [0.25, 0.3) is 0 Å². The van der Waals surface area contributed by atoms with Gasteiger partial charge in [-0.15, -0.1) is 0 Å². The Labute approximate surface area is 91.1 Å². The van der Waals surface area contributed by atoms with Gasteiger partial charge in [-0.25, -0.2) is 4.98 Å². The molecule has 3 rings (SSSR count). The molecule has 1 aliphatic carbocycles. The fourth-order valence-corrected chi connectivity index (χ4v) is 2.34. The van der Waals surface area contributed by atoms with Crippen LogP contribution in [0.15, 0.2) is 29.0 Å². The van der Waals surface area contributed by atoms with E-state index < -0.39 is 0 Å². The van der Waals surface area contributed by atoms with Gasteiger partial charge in [0.2, 0.25) is 0 Å². The normalized spacial score (nSPS) is 17.2.